The quantitative estimate of drug-likeness (QED) is 0.160. The fourth-order valence-corrected chi connectivity index (χ4v) is 15.1. The number of aromatic nitrogens is 2. The van der Waals surface area contributed by atoms with Crippen molar-refractivity contribution in [2.75, 3.05) is 19.6 Å². The summed E-state index contributed by atoms with van der Waals surface area (Å²) in [5.41, 5.74) is 24.8. The average Bonchev–Trinajstić information content (AvgIpc) is 1.64. The van der Waals surface area contributed by atoms with Crippen LogP contribution in [-0.4, -0.2) is 22.6 Å². The van der Waals surface area contributed by atoms with Crippen molar-refractivity contribution < 1.29 is 6.85 Å². The minimum Gasteiger partial charge on any atom is -0.330 e. The fourth-order valence-electron chi connectivity index (χ4n) is 15.1. The molecular formula is C86H74B2N6. The second-order valence-electron chi connectivity index (χ2n) is 27.0. The smallest absolute Gasteiger partial charge is 0.255 e. The lowest BCUT2D eigenvalue weighted by molar-refractivity contribution is 0.590. The molecule has 8 heteroatoms. The first-order valence-corrected chi connectivity index (χ1v) is 32.7. The van der Waals surface area contributed by atoms with E-state index >= 15 is 0 Å². The molecule has 0 saturated heterocycles. The first-order valence-electron chi connectivity index (χ1n) is 35.2. The van der Waals surface area contributed by atoms with Gasteiger partial charge >= 0.3 is 0 Å². The van der Waals surface area contributed by atoms with Crippen LogP contribution in [0.25, 0.3) is 27.5 Å². The largest absolute Gasteiger partial charge is 0.330 e. The molecule has 0 bridgehead atoms. The summed E-state index contributed by atoms with van der Waals surface area (Å²) in [6, 6.07) is 95.8. The summed E-state index contributed by atoms with van der Waals surface area (Å²) in [7, 11) is 1.99. The number of fused-ring (bicyclic) bond motifs is 12. The molecule has 2 aromatic heterocycles. The molecule has 4 aliphatic heterocycles. The Hall–Kier alpha value is -11.0. The van der Waals surface area contributed by atoms with Gasteiger partial charge in [0.25, 0.3) is 13.4 Å². The van der Waals surface area contributed by atoms with E-state index < -0.39 is 6.04 Å². The molecule has 0 aliphatic carbocycles. The zero-order valence-electron chi connectivity index (χ0n) is 59.3. The molecule has 94 heavy (non-hydrogen) atoms. The van der Waals surface area contributed by atoms with E-state index in [1.807, 2.05) is 90.8 Å². The van der Waals surface area contributed by atoms with Crippen LogP contribution in [0.4, 0.5) is 68.5 Å². The Kier molecular flexibility index (Phi) is 12.9. The Morgan fingerprint density at radius 1 is 0.319 bits per heavy atom. The zero-order chi connectivity index (χ0) is 68.3. The van der Waals surface area contributed by atoms with Gasteiger partial charge in [-0.05, 0) is 187 Å². The zero-order valence-corrected chi connectivity index (χ0v) is 54.3. The van der Waals surface area contributed by atoms with Crippen molar-refractivity contribution in [3.63, 3.8) is 0 Å². The minimum absolute atomic E-state index is 0.0480. The summed E-state index contributed by atoms with van der Waals surface area (Å²) in [4.78, 5) is 9.21. The van der Waals surface area contributed by atoms with Crippen LogP contribution in [0.1, 0.15) is 65.1 Å². The molecular weight excluding hydrogens is 1140 g/mol. The molecule has 0 spiro atoms. The SMILES string of the molecule is Cc1cc2c3c(c1)N(c1ccc(C(C)(C)C)cc1)c1c(c4ccccc4n1-c1ccccc1)B3c1ccccc1N2c1ccc(C(C)(C)C)cc1.[2H]c1c([2H])c([2H])c(N2c3cccc4c3B(c3ccccc3N4c3ccccc3)c3c2n(C)c2ccccc32)c([2H])c1[2H].c1ccccc1. The molecule has 454 valence electrons. The van der Waals surface area contributed by atoms with Gasteiger partial charge in [-0.2, -0.15) is 0 Å². The van der Waals surface area contributed by atoms with E-state index in [1.54, 1.807) is 0 Å². The Morgan fingerprint density at radius 3 is 1.26 bits per heavy atom. The third-order valence-corrected chi connectivity index (χ3v) is 19.3. The topological polar surface area (TPSA) is 22.8 Å². The van der Waals surface area contributed by atoms with Gasteiger partial charge in [-0.25, -0.2) is 0 Å². The number of hydrogen-bond donors (Lipinski definition) is 0. The van der Waals surface area contributed by atoms with Gasteiger partial charge in [-0.1, -0.05) is 236 Å². The number of aryl methyl sites for hydroxylation is 2. The van der Waals surface area contributed by atoms with E-state index in [9.17, 15) is 0 Å². The fraction of sp³-hybridized carbons (Fsp3) is 0.116. The van der Waals surface area contributed by atoms with Gasteiger partial charge in [0.05, 0.1) is 12.4 Å². The summed E-state index contributed by atoms with van der Waals surface area (Å²) >= 11 is 0. The normalized spacial score (nSPS) is 13.9. The van der Waals surface area contributed by atoms with Crippen LogP contribution < -0.4 is 52.4 Å². The van der Waals surface area contributed by atoms with Gasteiger partial charge in [-0.15, -0.1) is 0 Å². The van der Waals surface area contributed by atoms with Gasteiger partial charge < -0.3 is 14.4 Å². The summed E-state index contributed by atoms with van der Waals surface area (Å²) in [6.07, 6.45) is 0. The molecule has 0 atom stereocenters. The number of nitrogens with zero attached hydrogens (tertiary/aromatic N) is 6. The van der Waals surface area contributed by atoms with E-state index in [4.69, 9.17) is 6.85 Å². The van der Waals surface area contributed by atoms with Crippen LogP contribution in [0.3, 0.4) is 0 Å². The Bertz CT molecular complexity index is 5420. The lowest BCUT2D eigenvalue weighted by Crippen LogP contribution is -2.61. The van der Waals surface area contributed by atoms with E-state index in [0.717, 1.165) is 67.2 Å². The van der Waals surface area contributed by atoms with Crippen molar-refractivity contribution >= 4 is 137 Å². The van der Waals surface area contributed by atoms with Crippen LogP contribution >= 0.6 is 0 Å². The predicted molar refractivity (Wildman–Crippen MR) is 403 cm³/mol. The number of rotatable bonds is 5. The number of benzene rings is 12. The van der Waals surface area contributed by atoms with E-state index in [-0.39, 0.29) is 54.1 Å². The van der Waals surface area contributed by atoms with Crippen LogP contribution in [0.5, 0.6) is 0 Å². The third kappa shape index (κ3) is 9.56. The van der Waals surface area contributed by atoms with Crippen molar-refractivity contribution in [2.45, 2.75) is 59.3 Å². The standard InChI is InChI=1S/C47H44BN3.C33H24BN3.C6H6/c1-31-29-41-44-42(30-31)51(36-27-23-33(24-28-36)47(5,6)7)45-43(37-17-11-13-19-39(37)50(45)34-15-9-8-10-16-34)48(44)38-18-12-14-20-40(38)49(41)35-25-21-32(22-26-35)46(2,3)4;1-35-27-19-10-8-17-25(27)31-33(35)37(24-15-6-3-7-16-24)30-22-12-21-29-32(30)34(31)26-18-9-11-20-28(26)36(29)23-13-4-2-5-14-23;1-2-4-6-5-3-1/h8-30H,1-7H3;2-22H,1H3;1-6H/i;3D,6D,7D,15D,16D;. The molecule has 18 rings (SSSR count). The first-order chi connectivity index (χ1) is 47.9. The molecule has 0 saturated carbocycles. The highest BCUT2D eigenvalue weighted by atomic mass is 15.3. The maximum atomic E-state index is 8.98. The van der Waals surface area contributed by atoms with Gasteiger partial charge in [0.1, 0.15) is 11.6 Å². The van der Waals surface area contributed by atoms with Crippen molar-refractivity contribution in [3.8, 4) is 5.69 Å². The maximum Gasteiger partial charge on any atom is 0.255 e. The minimum atomic E-state index is -0.403. The van der Waals surface area contributed by atoms with E-state index in [0.29, 0.717) is 0 Å². The van der Waals surface area contributed by atoms with Crippen LogP contribution in [-0.2, 0) is 17.9 Å². The summed E-state index contributed by atoms with van der Waals surface area (Å²) in [5.74, 6) is 2.00. The predicted octanol–water partition coefficient (Wildman–Crippen LogP) is 18.6. The molecule has 14 aromatic rings. The van der Waals surface area contributed by atoms with E-state index in [1.165, 1.54) is 72.5 Å². The molecule has 12 aromatic carbocycles. The second-order valence-corrected chi connectivity index (χ2v) is 27.0. The maximum absolute atomic E-state index is 8.98. The molecule has 0 fully saturated rings. The van der Waals surface area contributed by atoms with Gasteiger partial charge in [0, 0.05) is 75.1 Å². The molecule has 4 aliphatic rings. The lowest BCUT2D eigenvalue weighted by atomic mass is 9.33. The molecule has 0 N–H and O–H groups in total. The van der Waals surface area contributed by atoms with Crippen molar-refractivity contribution in [3.05, 3.63) is 320 Å². The number of anilines is 12. The third-order valence-electron chi connectivity index (χ3n) is 19.3. The summed E-state index contributed by atoms with van der Waals surface area (Å²) in [6.45, 7) is 15.9. The van der Waals surface area contributed by atoms with E-state index in [2.05, 4.69) is 266 Å². The summed E-state index contributed by atoms with van der Waals surface area (Å²) < 4.78 is 47.8. The first kappa shape index (κ1) is 52.7. The van der Waals surface area contributed by atoms with Crippen LogP contribution in [0.15, 0.2) is 303 Å². The molecule has 0 unspecified atom stereocenters. The lowest BCUT2D eigenvalue weighted by Gasteiger charge is -2.44. The van der Waals surface area contributed by atoms with Crippen LogP contribution in [0, 0.1) is 6.92 Å². The highest BCUT2D eigenvalue weighted by molar-refractivity contribution is 7.02. The Balaban J connectivity index is 0.000000144. The number of para-hydroxylation sites is 7. The van der Waals surface area contributed by atoms with Gasteiger partial charge in [0.2, 0.25) is 0 Å². The van der Waals surface area contributed by atoms with Gasteiger partial charge in [0.15, 0.2) is 0 Å². The molecule has 0 radical (unpaired) electrons. The second kappa shape index (κ2) is 23.0. The van der Waals surface area contributed by atoms with Crippen molar-refractivity contribution in [1.82, 2.24) is 9.13 Å². The highest BCUT2D eigenvalue weighted by Crippen LogP contribution is 2.49. The van der Waals surface area contributed by atoms with Crippen molar-refractivity contribution in [1.29, 1.82) is 0 Å². The van der Waals surface area contributed by atoms with Gasteiger partial charge in [-0.3, -0.25) is 14.4 Å². The average molecular weight is 1220 g/mol. The monoisotopic (exact) mass is 1220 g/mol. The highest BCUT2D eigenvalue weighted by Gasteiger charge is 2.48. The molecule has 6 nitrogen and oxygen atoms in total. The molecule has 6 heterocycles. The summed E-state index contributed by atoms with van der Waals surface area (Å²) in [5, 5.41) is 2.36. The molecule has 0 amide bonds. The van der Waals surface area contributed by atoms with Crippen LogP contribution in [0.2, 0.25) is 0 Å². The number of hydrogen-bond acceptors (Lipinski definition) is 4. The Morgan fingerprint density at radius 2 is 0.702 bits per heavy atom. The van der Waals surface area contributed by atoms with Crippen molar-refractivity contribution in [2.24, 2.45) is 7.05 Å². The Labute approximate surface area is 561 Å².